The Morgan fingerprint density at radius 2 is 2.05 bits per heavy atom. The second kappa shape index (κ2) is 4.96. The van der Waals surface area contributed by atoms with E-state index in [1.807, 2.05) is 0 Å². The molecule has 0 radical (unpaired) electrons. The molecule has 2 aliphatic heterocycles. The molecule has 1 aromatic carbocycles. The normalized spacial score (nSPS) is 18.8. The molecular formula is C15H11N3O4. The van der Waals surface area contributed by atoms with E-state index in [0.29, 0.717) is 11.3 Å². The third-order valence-corrected chi connectivity index (χ3v) is 3.15. The number of hydrogen-bond donors (Lipinski definition) is 2. The second-order valence-corrected chi connectivity index (χ2v) is 4.75. The molecular weight excluding hydrogens is 286 g/mol. The highest BCUT2D eigenvalue weighted by atomic mass is 16.7. The number of carbonyl (C=O) groups is 2. The lowest BCUT2D eigenvalue weighted by Crippen LogP contribution is -2.38. The predicted octanol–water partition coefficient (Wildman–Crippen LogP) is 1.84. The van der Waals surface area contributed by atoms with Crippen LogP contribution in [0.1, 0.15) is 22.8 Å². The number of rotatable bonds is 2. The van der Waals surface area contributed by atoms with Crippen LogP contribution < -0.4 is 0 Å². The maximum Gasteiger partial charge on any atom is 0.335 e. The van der Waals surface area contributed by atoms with Crippen LogP contribution in [-0.4, -0.2) is 33.7 Å². The van der Waals surface area contributed by atoms with Crippen molar-refractivity contribution < 1.29 is 19.5 Å². The lowest BCUT2D eigenvalue weighted by atomic mass is 10.1. The summed E-state index contributed by atoms with van der Waals surface area (Å²) in [7, 11) is 0. The first-order valence-corrected chi connectivity index (χ1v) is 6.39. The van der Waals surface area contributed by atoms with Crippen LogP contribution in [0.2, 0.25) is 0 Å². The first kappa shape index (κ1) is 13.7. The van der Waals surface area contributed by atoms with E-state index < -0.39 is 11.9 Å². The van der Waals surface area contributed by atoms with E-state index in [0.717, 1.165) is 0 Å². The fourth-order valence-corrected chi connectivity index (χ4v) is 2.09. The third kappa shape index (κ3) is 2.28. The molecule has 2 aliphatic rings. The number of aliphatic imine (C=N–C) groups is 1. The van der Waals surface area contributed by atoms with E-state index in [1.165, 1.54) is 23.3 Å². The van der Waals surface area contributed by atoms with Crippen molar-refractivity contribution in [2.75, 3.05) is 0 Å². The fourth-order valence-electron chi connectivity index (χ4n) is 2.09. The van der Waals surface area contributed by atoms with Gasteiger partial charge in [0.05, 0.1) is 11.1 Å². The number of amidine groups is 2. The number of carboxylic acid groups (broad SMARTS) is 1. The molecule has 0 aliphatic carbocycles. The van der Waals surface area contributed by atoms with Crippen LogP contribution in [0.15, 0.2) is 46.7 Å². The predicted molar refractivity (Wildman–Crippen MR) is 78.2 cm³/mol. The Hall–Kier alpha value is -3.22. The van der Waals surface area contributed by atoms with Gasteiger partial charge in [-0.3, -0.25) is 10.2 Å². The first-order valence-electron chi connectivity index (χ1n) is 6.39. The first-order chi connectivity index (χ1) is 10.5. The molecule has 2 N–H and O–H groups in total. The van der Waals surface area contributed by atoms with Crippen LogP contribution in [0.25, 0.3) is 6.08 Å². The van der Waals surface area contributed by atoms with E-state index in [4.69, 9.17) is 15.4 Å². The van der Waals surface area contributed by atoms with Crippen LogP contribution in [0, 0.1) is 5.41 Å². The summed E-state index contributed by atoms with van der Waals surface area (Å²) in [6, 6.07) is 5.98. The Kier molecular flexibility index (Phi) is 3.10. The van der Waals surface area contributed by atoms with E-state index in [1.54, 1.807) is 25.1 Å². The van der Waals surface area contributed by atoms with Gasteiger partial charge in [-0.2, -0.15) is 4.99 Å². The van der Waals surface area contributed by atoms with Gasteiger partial charge in [-0.1, -0.05) is 12.1 Å². The molecule has 0 spiro atoms. The Balaban J connectivity index is 1.94. The molecule has 7 heteroatoms. The monoisotopic (exact) mass is 297 g/mol. The minimum absolute atomic E-state index is 0.0786. The number of carbonyl (C=O) groups excluding carboxylic acids is 1. The molecule has 1 aromatic rings. The molecule has 22 heavy (non-hydrogen) atoms. The highest BCUT2D eigenvalue weighted by Crippen LogP contribution is 2.23. The van der Waals surface area contributed by atoms with Crippen molar-refractivity contribution in [3.05, 3.63) is 52.8 Å². The topological polar surface area (TPSA) is 103 Å². The number of fused-ring (bicyclic) bond motifs is 1. The van der Waals surface area contributed by atoms with E-state index in [-0.39, 0.29) is 22.8 Å². The van der Waals surface area contributed by atoms with E-state index in [9.17, 15) is 9.59 Å². The molecule has 0 aromatic heterocycles. The van der Waals surface area contributed by atoms with Gasteiger partial charge in [0.1, 0.15) is 5.76 Å². The zero-order valence-electron chi connectivity index (χ0n) is 11.5. The minimum atomic E-state index is -1.03. The fraction of sp³-hybridized carbons (Fsp3) is 0.0667. The Bertz CT molecular complexity index is 788. The molecule has 0 bridgehead atoms. The number of amides is 1. The third-order valence-electron chi connectivity index (χ3n) is 3.15. The lowest BCUT2D eigenvalue weighted by molar-refractivity contribution is -0.114. The smallest absolute Gasteiger partial charge is 0.335 e. The zero-order chi connectivity index (χ0) is 15.9. The van der Waals surface area contributed by atoms with Crippen molar-refractivity contribution in [2.24, 2.45) is 4.99 Å². The highest BCUT2D eigenvalue weighted by Gasteiger charge is 2.34. The molecule has 0 saturated carbocycles. The Morgan fingerprint density at radius 3 is 2.68 bits per heavy atom. The van der Waals surface area contributed by atoms with Crippen LogP contribution in [0.4, 0.5) is 0 Å². The van der Waals surface area contributed by atoms with Gasteiger partial charge in [0.2, 0.25) is 0 Å². The standard InChI is InChI=1S/C15H11N3O4/c1-8-6-12-17-14(19)11(13(16)18(12)22-8)7-9-2-4-10(5-3-9)15(20)21/h2-7,16H,1H3,(H,20,21). The van der Waals surface area contributed by atoms with Crippen LogP contribution in [-0.2, 0) is 9.63 Å². The number of hydroxylamine groups is 2. The summed E-state index contributed by atoms with van der Waals surface area (Å²) >= 11 is 0. The van der Waals surface area contributed by atoms with Crippen molar-refractivity contribution in [2.45, 2.75) is 6.92 Å². The molecule has 3 rings (SSSR count). The summed E-state index contributed by atoms with van der Waals surface area (Å²) in [4.78, 5) is 32.0. The van der Waals surface area contributed by atoms with Gasteiger partial charge in [-0.25, -0.2) is 4.79 Å². The largest absolute Gasteiger partial charge is 0.478 e. The maximum absolute atomic E-state index is 12.0. The quantitative estimate of drug-likeness (QED) is 0.811. The summed E-state index contributed by atoms with van der Waals surface area (Å²) in [5, 5.41) is 18.1. The average molecular weight is 297 g/mol. The van der Waals surface area contributed by atoms with Gasteiger partial charge in [-0.05, 0) is 30.7 Å². The van der Waals surface area contributed by atoms with E-state index in [2.05, 4.69) is 4.99 Å². The second-order valence-electron chi connectivity index (χ2n) is 4.75. The van der Waals surface area contributed by atoms with Crippen molar-refractivity contribution in [1.29, 1.82) is 5.41 Å². The zero-order valence-corrected chi connectivity index (χ0v) is 11.5. The highest BCUT2D eigenvalue weighted by molar-refractivity contribution is 6.32. The number of hydrogen-bond acceptors (Lipinski definition) is 4. The summed E-state index contributed by atoms with van der Waals surface area (Å²) in [5.41, 5.74) is 0.825. The molecule has 0 fully saturated rings. The number of nitrogens with zero attached hydrogens (tertiary/aromatic N) is 2. The van der Waals surface area contributed by atoms with Gasteiger partial charge >= 0.3 is 5.97 Å². The maximum atomic E-state index is 12.0. The van der Waals surface area contributed by atoms with Crippen molar-refractivity contribution in [3.8, 4) is 0 Å². The van der Waals surface area contributed by atoms with Crippen molar-refractivity contribution in [3.63, 3.8) is 0 Å². The number of allylic oxidation sites excluding steroid dienone is 1. The van der Waals surface area contributed by atoms with Crippen molar-refractivity contribution in [1.82, 2.24) is 5.06 Å². The lowest BCUT2D eigenvalue weighted by Gasteiger charge is -2.22. The van der Waals surface area contributed by atoms with Gasteiger partial charge in [-0.15, -0.1) is 5.06 Å². The average Bonchev–Trinajstić information content (AvgIpc) is 2.84. The van der Waals surface area contributed by atoms with Crippen LogP contribution >= 0.6 is 0 Å². The molecule has 110 valence electrons. The van der Waals surface area contributed by atoms with Gasteiger partial charge in [0, 0.05) is 6.08 Å². The number of carboxylic acids is 1. The van der Waals surface area contributed by atoms with Gasteiger partial charge in [0.25, 0.3) is 5.91 Å². The summed E-state index contributed by atoms with van der Waals surface area (Å²) < 4.78 is 0. The Labute approximate surface area is 125 Å². The summed E-state index contributed by atoms with van der Waals surface area (Å²) in [6.07, 6.45) is 3.05. The van der Waals surface area contributed by atoms with Gasteiger partial charge < -0.3 is 9.94 Å². The Morgan fingerprint density at radius 1 is 1.36 bits per heavy atom. The number of benzene rings is 1. The van der Waals surface area contributed by atoms with Crippen molar-refractivity contribution >= 4 is 29.6 Å². The number of aromatic carboxylic acids is 1. The van der Waals surface area contributed by atoms with E-state index >= 15 is 0 Å². The molecule has 0 saturated heterocycles. The van der Waals surface area contributed by atoms with Crippen LogP contribution in [0.5, 0.6) is 0 Å². The summed E-state index contributed by atoms with van der Waals surface area (Å²) in [5.74, 6) is -0.838. The summed E-state index contributed by atoms with van der Waals surface area (Å²) in [6.45, 7) is 1.70. The van der Waals surface area contributed by atoms with Gasteiger partial charge in [0.15, 0.2) is 11.7 Å². The number of nitrogens with one attached hydrogen (secondary N) is 1. The molecule has 0 unspecified atom stereocenters. The molecule has 2 heterocycles. The van der Waals surface area contributed by atoms with Crippen LogP contribution in [0.3, 0.4) is 0 Å². The minimum Gasteiger partial charge on any atom is -0.478 e. The molecule has 0 atom stereocenters. The SMILES string of the molecule is CC1=CC2=NC(=O)C(=Cc3ccc(C(=O)O)cc3)C(=N)N2O1. The molecule has 1 amide bonds. The molecule has 7 nitrogen and oxygen atoms in total.